The third kappa shape index (κ3) is 2.50. The molecule has 1 aliphatic heterocycles. The predicted molar refractivity (Wildman–Crippen MR) is 97.9 cm³/mol. The van der Waals surface area contributed by atoms with Crippen molar-refractivity contribution in [3.63, 3.8) is 0 Å². The molecule has 1 heterocycles. The molecule has 128 valence electrons. The maximum atomic E-state index is 11.8. The molecule has 0 spiro atoms. The van der Waals surface area contributed by atoms with Crippen LogP contribution < -0.4 is 5.43 Å². The van der Waals surface area contributed by atoms with Gasteiger partial charge in [-0.25, -0.2) is 4.79 Å². The maximum absolute atomic E-state index is 11.8. The van der Waals surface area contributed by atoms with Crippen molar-refractivity contribution in [3.05, 3.63) is 75.9 Å². The van der Waals surface area contributed by atoms with Crippen molar-refractivity contribution in [2.75, 3.05) is 0 Å². The molecule has 0 bridgehead atoms. The number of fused-ring (bicyclic) bond motifs is 2. The Morgan fingerprint density at radius 1 is 0.962 bits per heavy atom. The molecule has 5 nitrogen and oxygen atoms in total. The second-order valence-electron chi connectivity index (χ2n) is 6.15. The number of benzene rings is 3. The Balaban J connectivity index is 2.19. The first-order chi connectivity index (χ1) is 12.4. The van der Waals surface area contributed by atoms with E-state index in [0.29, 0.717) is 16.9 Å². The predicted octanol–water partition coefficient (Wildman–Crippen LogP) is 4.28. The van der Waals surface area contributed by atoms with E-state index in [1.165, 1.54) is 18.2 Å². The van der Waals surface area contributed by atoms with E-state index in [4.69, 9.17) is 4.42 Å². The zero-order valence-electron chi connectivity index (χ0n) is 13.8. The Hall–Kier alpha value is -3.60. The number of aromatic hydroxyl groups is 1. The lowest BCUT2D eigenvalue weighted by molar-refractivity contribution is 0.0697. The number of hydrogen-bond donors (Lipinski definition) is 2. The van der Waals surface area contributed by atoms with Gasteiger partial charge >= 0.3 is 5.97 Å². The summed E-state index contributed by atoms with van der Waals surface area (Å²) < 4.78 is 5.81. The summed E-state index contributed by atoms with van der Waals surface area (Å²) in [6.45, 7) is 1.89. The number of carboxylic acid groups (broad SMARTS) is 1. The molecule has 0 saturated heterocycles. The first kappa shape index (κ1) is 15.9. The van der Waals surface area contributed by atoms with Crippen LogP contribution in [0, 0.1) is 6.92 Å². The van der Waals surface area contributed by atoms with Crippen molar-refractivity contribution in [1.82, 2.24) is 0 Å². The third-order valence-corrected chi connectivity index (χ3v) is 4.43. The zero-order valence-corrected chi connectivity index (χ0v) is 13.8. The van der Waals surface area contributed by atoms with E-state index in [-0.39, 0.29) is 16.7 Å². The molecular formula is C21H14O5. The first-order valence-electron chi connectivity index (χ1n) is 7.98. The molecule has 0 unspecified atom stereocenters. The molecule has 0 saturated carbocycles. The largest absolute Gasteiger partial charge is 0.508 e. The zero-order chi connectivity index (χ0) is 18.4. The summed E-state index contributed by atoms with van der Waals surface area (Å²) >= 11 is 0. The van der Waals surface area contributed by atoms with Gasteiger partial charge in [-0.1, -0.05) is 6.07 Å². The molecule has 2 aromatic rings. The minimum atomic E-state index is -1.01. The lowest BCUT2D eigenvalue weighted by Crippen LogP contribution is -2.01. The van der Waals surface area contributed by atoms with E-state index in [1.54, 1.807) is 36.4 Å². The Morgan fingerprint density at radius 3 is 2.54 bits per heavy atom. The summed E-state index contributed by atoms with van der Waals surface area (Å²) in [6.07, 6.45) is 0. The number of rotatable bonds is 2. The van der Waals surface area contributed by atoms with Gasteiger partial charge in [0.25, 0.3) is 0 Å². The number of hydrogen-bond acceptors (Lipinski definition) is 4. The van der Waals surface area contributed by atoms with E-state index in [0.717, 1.165) is 22.1 Å². The monoisotopic (exact) mass is 346 g/mol. The van der Waals surface area contributed by atoms with Crippen LogP contribution in [0.25, 0.3) is 33.4 Å². The second kappa shape index (κ2) is 5.74. The number of phenols is 1. The minimum absolute atomic E-state index is 0.0424. The topological polar surface area (TPSA) is 87.7 Å². The highest BCUT2D eigenvalue weighted by Gasteiger charge is 2.19. The fraction of sp³-hybridized carbons (Fsp3) is 0.0476. The minimum Gasteiger partial charge on any atom is -0.508 e. The van der Waals surface area contributed by atoms with E-state index in [2.05, 4.69) is 0 Å². The van der Waals surface area contributed by atoms with E-state index in [9.17, 15) is 19.8 Å². The van der Waals surface area contributed by atoms with Gasteiger partial charge in [-0.2, -0.15) is 0 Å². The molecule has 2 N–H and O–H groups in total. The number of aromatic carboxylic acids is 1. The van der Waals surface area contributed by atoms with Crippen LogP contribution in [0.5, 0.6) is 5.75 Å². The number of phenolic OH excluding ortho intramolecular Hbond substituents is 1. The van der Waals surface area contributed by atoms with E-state index < -0.39 is 5.97 Å². The molecule has 2 aromatic carbocycles. The molecule has 26 heavy (non-hydrogen) atoms. The summed E-state index contributed by atoms with van der Waals surface area (Å²) in [7, 11) is 0. The SMILES string of the molecule is Cc1ccc(C(=O)O)cc1-c1c2ccc(=O)cc-2oc2cc(O)ccc12. The molecule has 0 aromatic heterocycles. The van der Waals surface area contributed by atoms with Crippen LogP contribution in [-0.2, 0) is 0 Å². The summed E-state index contributed by atoms with van der Waals surface area (Å²) in [4.78, 5) is 23.2. The normalized spacial score (nSPS) is 11.1. The number of carbonyl (C=O) groups is 1. The molecular weight excluding hydrogens is 332 g/mol. The molecule has 5 heteroatoms. The van der Waals surface area contributed by atoms with Crippen LogP contribution in [0.15, 0.2) is 63.8 Å². The highest BCUT2D eigenvalue weighted by Crippen LogP contribution is 2.41. The Labute approximate surface area is 148 Å². The van der Waals surface area contributed by atoms with Crippen LogP contribution in [0.2, 0.25) is 0 Å². The van der Waals surface area contributed by atoms with Crippen LogP contribution in [0.4, 0.5) is 0 Å². The average molecular weight is 346 g/mol. The second-order valence-corrected chi connectivity index (χ2v) is 6.15. The lowest BCUT2D eigenvalue weighted by atomic mass is 9.90. The summed E-state index contributed by atoms with van der Waals surface area (Å²) in [5.74, 6) is -0.591. The van der Waals surface area contributed by atoms with Gasteiger partial charge in [0.1, 0.15) is 17.1 Å². The van der Waals surface area contributed by atoms with Gasteiger partial charge in [-0.05, 0) is 54.4 Å². The van der Waals surface area contributed by atoms with Gasteiger partial charge in [0.15, 0.2) is 5.43 Å². The van der Waals surface area contributed by atoms with Crippen LogP contribution in [-0.4, -0.2) is 16.2 Å². The highest BCUT2D eigenvalue weighted by atomic mass is 16.4. The van der Waals surface area contributed by atoms with Gasteiger partial charge in [0, 0.05) is 28.6 Å². The standard InChI is InChI=1S/C21H14O5/c1-11-2-3-12(21(24)25)8-17(11)20-15-6-4-13(22)9-18(15)26-19-10-14(23)5-7-16(19)20/h2-10,22H,1H3,(H,24,25). The van der Waals surface area contributed by atoms with Crippen molar-refractivity contribution >= 4 is 16.9 Å². The Bertz CT molecular complexity index is 1200. The summed E-state index contributed by atoms with van der Waals surface area (Å²) in [5, 5.41) is 19.9. The average Bonchev–Trinajstić information content (AvgIpc) is 2.60. The van der Waals surface area contributed by atoms with Gasteiger partial charge in [0.2, 0.25) is 0 Å². The van der Waals surface area contributed by atoms with Gasteiger partial charge in [0.05, 0.1) is 5.56 Å². The first-order valence-corrected chi connectivity index (χ1v) is 7.98. The number of aryl methyl sites for hydroxylation is 1. The quantitative estimate of drug-likeness (QED) is 0.529. The van der Waals surface area contributed by atoms with Gasteiger partial charge in [-0.15, -0.1) is 0 Å². The van der Waals surface area contributed by atoms with E-state index in [1.807, 2.05) is 6.92 Å². The molecule has 1 aliphatic carbocycles. The fourth-order valence-corrected chi connectivity index (χ4v) is 3.17. The van der Waals surface area contributed by atoms with Crippen LogP contribution >= 0.6 is 0 Å². The molecule has 0 fully saturated rings. The van der Waals surface area contributed by atoms with Crippen molar-refractivity contribution in [3.8, 4) is 28.2 Å². The highest BCUT2D eigenvalue weighted by molar-refractivity contribution is 6.03. The van der Waals surface area contributed by atoms with Crippen molar-refractivity contribution in [2.24, 2.45) is 0 Å². The molecule has 4 rings (SSSR count). The van der Waals surface area contributed by atoms with Gasteiger partial charge < -0.3 is 14.6 Å². The van der Waals surface area contributed by atoms with Crippen molar-refractivity contribution < 1.29 is 19.4 Å². The van der Waals surface area contributed by atoms with Crippen LogP contribution in [0.3, 0.4) is 0 Å². The maximum Gasteiger partial charge on any atom is 0.335 e. The fourth-order valence-electron chi connectivity index (χ4n) is 3.17. The Morgan fingerprint density at radius 2 is 1.77 bits per heavy atom. The smallest absolute Gasteiger partial charge is 0.335 e. The van der Waals surface area contributed by atoms with Crippen LogP contribution in [0.1, 0.15) is 15.9 Å². The number of carboxylic acids is 1. The van der Waals surface area contributed by atoms with Gasteiger partial charge in [-0.3, -0.25) is 4.79 Å². The van der Waals surface area contributed by atoms with E-state index >= 15 is 0 Å². The lowest BCUT2D eigenvalue weighted by Gasteiger charge is -2.17. The molecule has 0 radical (unpaired) electrons. The van der Waals surface area contributed by atoms with Crippen molar-refractivity contribution in [1.29, 1.82) is 0 Å². The third-order valence-electron chi connectivity index (χ3n) is 4.43. The molecule has 0 atom stereocenters. The molecule has 0 amide bonds. The van der Waals surface area contributed by atoms with Crippen molar-refractivity contribution in [2.45, 2.75) is 6.92 Å². The Kier molecular flexibility index (Phi) is 3.51. The summed E-state index contributed by atoms with van der Waals surface area (Å²) in [6, 6.07) is 14.2. The molecule has 2 aliphatic rings. The summed E-state index contributed by atoms with van der Waals surface area (Å²) in [5.41, 5.74) is 3.49.